The van der Waals surface area contributed by atoms with Crippen LogP contribution in [0.3, 0.4) is 0 Å². The maximum atomic E-state index is 11.7. The summed E-state index contributed by atoms with van der Waals surface area (Å²) in [4.78, 5) is 19.4. The summed E-state index contributed by atoms with van der Waals surface area (Å²) in [5.41, 5.74) is 3.83. The first-order valence-corrected chi connectivity index (χ1v) is 6.39. The molecule has 1 aromatic carbocycles. The van der Waals surface area contributed by atoms with Crippen LogP contribution < -0.4 is 5.43 Å². The summed E-state index contributed by atoms with van der Waals surface area (Å²) >= 11 is 11.9. The molecule has 0 saturated heterocycles. The van der Waals surface area contributed by atoms with Crippen LogP contribution in [-0.2, 0) is 0 Å². The Morgan fingerprint density at radius 2 is 2.10 bits per heavy atom. The van der Waals surface area contributed by atoms with E-state index in [0.717, 1.165) is 0 Å². The van der Waals surface area contributed by atoms with Gasteiger partial charge in [-0.2, -0.15) is 5.10 Å². The molecule has 2 rings (SSSR count). The van der Waals surface area contributed by atoms with Gasteiger partial charge in [0.2, 0.25) is 0 Å². The van der Waals surface area contributed by atoms with E-state index in [1.165, 1.54) is 18.6 Å². The summed E-state index contributed by atoms with van der Waals surface area (Å²) in [6, 6.07) is 5.05. The zero-order chi connectivity index (χ0) is 14.5. The number of hydrazone groups is 1. The Labute approximate surface area is 125 Å². The van der Waals surface area contributed by atoms with E-state index in [4.69, 9.17) is 23.2 Å². The lowest BCUT2D eigenvalue weighted by Gasteiger charge is -2.05. The number of rotatable bonds is 3. The van der Waals surface area contributed by atoms with Gasteiger partial charge in [-0.25, -0.2) is 10.4 Å². The lowest BCUT2D eigenvalue weighted by Crippen LogP contribution is -2.20. The lowest BCUT2D eigenvalue weighted by atomic mass is 10.1. The number of aromatic nitrogens is 2. The normalized spacial score (nSPS) is 11.2. The van der Waals surface area contributed by atoms with Crippen molar-refractivity contribution in [2.75, 3.05) is 0 Å². The Bertz CT molecular complexity index is 659. The van der Waals surface area contributed by atoms with E-state index in [1.807, 2.05) is 0 Å². The van der Waals surface area contributed by atoms with Gasteiger partial charge in [0.05, 0.1) is 16.9 Å². The van der Waals surface area contributed by atoms with E-state index in [9.17, 15) is 4.79 Å². The van der Waals surface area contributed by atoms with Gasteiger partial charge in [0.15, 0.2) is 0 Å². The maximum absolute atomic E-state index is 11.7. The van der Waals surface area contributed by atoms with Crippen LogP contribution in [0.25, 0.3) is 0 Å². The number of carbonyl (C=O) groups is 1. The van der Waals surface area contributed by atoms with Gasteiger partial charge in [-0.05, 0) is 19.1 Å². The summed E-state index contributed by atoms with van der Waals surface area (Å²) in [5, 5.41) is 4.99. The van der Waals surface area contributed by atoms with E-state index in [-0.39, 0.29) is 5.69 Å². The van der Waals surface area contributed by atoms with E-state index in [1.54, 1.807) is 25.1 Å². The van der Waals surface area contributed by atoms with Gasteiger partial charge < -0.3 is 0 Å². The molecule has 0 radical (unpaired) electrons. The second-order valence-corrected chi connectivity index (χ2v) is 4.70. The number of carbonyl (C=O) groups excluding carboxylic acids is 1. The predicted octanol–water partition coefficient (Wildman–Crippen LogP) is 2.94. The third-order valence-corrected chi connectivity index (χ3v) is 2.99. The molecule has 0 unspecified atom stereocenters. The van der Waals surface area contributed by atoms with Crippen LogP contribution in [-0.4, -0.2) is 21.6 Å². The molecule has 1 amide bonds. The minimum absolute atomic E-state index is 0.186. The highest BCUT2D eigenvalue weighted by molar-refractivity contribution is 6.37. The average molecular weight is 309 g/mol. The van der Waals surface area contributed by atoms with Crippen LogP contribution in [0.4, 0.5) is 0 Å². The molecule has 0 aliphatic rings. The molecule has 102 valence electrons. The van der Waals surface area contributed by atoms with Crippen molar-refractivity contribution in [2.45, 2.75) is 6.92 Å². The van der Waals surface area contributed by atoms with Crippen molar-refractivity contribution < 1.29 is 4.79 Å². The molecule has 0 fully saturated rings. The molecule has 0 aliphatic heterocycles. The molecule has 2 aromatic rings. The number of hydrogen-bond acceptors (Lipinski definition) is 4. The van der Waals surface area contributed by atoms with Crippen molar-refractivity contribution in [2.24, 2.45) is 5.10 Å². The fraction of sp³-hybridized carbons (Fsp3) is 0.0769. The van der Waals surface area contributed by atoms with Gasteiger partial charge in [-0.3, -0.25) is 9.78 Å². The Kier molecular flexibility index (Phi) is 4.65. The molecule has 1 aromatic heterocycles. The van der Waals surface area contributed by atoms with Gasteiger partial charge in [-0.1, -0.05) is 29.3 Å². The number of hydrogen-bond donors (Lipinski definition) is 1. The van der Waals surface area contributed by atoms with Crippen LogP contribution >= 0.6 is 23.2 Å². The SMILES string of the molecule is C/C(=N\NC(=O)c1cnccn1)c1ccc(Cl)cc1Cl. The number of amides is 1. The molecule has 0 saturated carbocycles. The van der Waals surface area contributed by atoms with Crippen molar-refractivity contribution >= 4 is 34.8 Å². The number of nitrogens with zero attached hydrogens (tertiary/aromatic N) is 3. The van der Waals surface area contributed by atoms with Crippen molar-refractivity contribution in [1.29, 1.82) is 0 Å². The first-order valence-electron chi connectivity index (χ1n) is 5.64. The summed E-state index contributed by atoms with van der Waals surface area (Å²) in [7, 11) is 0. The van der Waals surface area contributed by atoms with Crippen LogP contribution in [0.1, 0.15) is 23.0 Å². The minimum Gasteiger partial charge on any atom is -0.265 e. The summed E-state index contributed by atoms with van der Waals surface area (Å²) in [6.45, 7) is 1.73. The van der Waals surface area contributed by atoms with Crippen molar-refractivity contribution in [3.8, 4) is 0 Å². The smallest absolute Gasteiger partial charge is 0.265 e. The monoisotopic (exact) mass is 308 g/mol. The van der Waals surface area contributed by atoms with Crippen LogP contribution in [0, 0.1) is 0 Å². The molecular formula is C13H10Cl2N4O. The van der Waals surface area contributed by atoms with Gasteiger partial charge in [0.1, 0.15) is 5.69 Å². The summed E-state index contributed by atoms with van der Waals surface area (Å²) < 4.78 is 0. The third-order valence-electron chi connectivity index (χ3n) is 2.44. The Morgan fingerprint density at radius 3 is 2.75 bits per heavy atom. The minimum atomic E-state index is -0.442. The predicted molar refractivity (Wildman–Crippen MR) is 78.2 cm³/mol. The average Bonchev–Trinajstić information content (AvgIpc) is 2.45. The summed E-state index contributed by atoms with van der Waals surface area (Å²) in [5.74, 6) is -0.442. The lowest BCUT2D eigenvalue weighted by molar-refractivity contribution is 0.0949. The molecular weight excluding hydrogens is 299 g/mol. The molecule has 0 atom stereocenters. The zero-order valence-electron chi connectivity index (χ0n) is 10.5. The molecule has 1 heterocycles. The fourth-order valence-electron chi connectivity index (χ4n) is 1.45. The van der Waals surface area contributed by atoms with Crippen molar-refractivity contribution in [3.63, 3.8) is 0 Å². The fourth-order valence-corrected chi connectivity index (χ4v) is 2.00. The summed E-state index contributed by atoms with van der Waals surface area (Å²) in [6.07, 6.45) is 4.27. The second-order valence-electron chi connectivity index (χ2n) is 3.85. The Morgan fingerprint density at radius 1 is 1.30 bits per heavy atom. The van der Waals surface area contributed by atoms with Crippen LogP contribution in [0.5, 0.6) is 0 Å². The van der Waals surface area contributed by atoms with E-state index >= 15 is 0 Å². The number of halogens is 2. The molecule has 0 aliphatic carbocycles. The first-order chi connectivity index (χ1) is 9.58. The Hall–Kier alpha value is -1.98. The highest BCUT2D eigenvalue weighted by Gasteiger charge is 2.08. The first kappa shape index (κ1) is 14.4. The standard InChI is InChI=1S/C13H10Cl2N4O/c1-8(10-3-2-9(14)6-11(10)15)18-19-13(20)12-7-16-4-5-17-12/h2-7H,1H3,(H,19,20)/b18-8+. The van der Waals surface area contributed by atoms with E-state index in [0.29, 0.717) is 21.3 Å². The number of nitrogens with one attached hydrogen (secondary N) is 1. The zero-order valence-corrected chi connectivity index (χ0v) is 12.0. The molecule has 7 heteroatoms. The van der Waals surface area contributed by atoms with E-state index < -0.39 is 5.91 Å². The van der Waals surface area contributed by atoms with Crippen LogP contribution in [0.2, 0.25) is 10.0 Å². The van der Waals surface area contributed by atoms with Crippen molar-refractivity contribution in [3.05, 3.63) is 58.1 Å². The highest BCUT2D eigenvalue weighted by atomic mass is 35.5. The molecule has 1 N–H and O–H groups in total. The number of benzene rings is 1. The molecule has 0 spiro atoms. The topological polar surface area (TPSA) is 67.2 Å². The molecule has 0 bridgehead atoms. The molecule has 20 heavy (non-hydrogen) atoms. The third kappa shape index (κ3) is 3.53. The Balaban J connectivity index is 2.13. The maximum Gasteiger partial charge on any atom is 0.291 e. The van der Waals surface area contributed by atoms with Crippen LogP contribution in [0.15, 0.2) is 41.9 Å². The second kappa shape index (κ2) is 6.45. The van der Waals surface area contributed by atoms with Gasteiger partial charge in [0, 0.05) is 23.0 Å². The largest absolute Gasteiger partial charge is 0.291 e. The molecule has 5 nitrogen and oxygen atoms in total. The quantitative estimate of drug-likeness (QED) is 0.700. The van der Waals surface area contributed by atoms with E-state index in [2.05, 4.69) is 20.5 Å². The van der Waals surface area contributed by atoms with Gasteiger partial charge in [-0.15, -0.1) is 0 Å². The van der Waals surface area contributed by atoms with Crippen molar-refractivity contribution in [1.82, 2.24) is 15.4 Å². The van der Waals surface area contributed by atoms with Gasteiger partial charge >= 0.3 is 0 Å². The highest BCUT2D eigenvalue weighted by Crippen LogP contribution is 2.21. The van der Waals surface area contributed by atoms with Gasteiger partial charge in [0.25, 0.3) is 5.91 Å².